The van der Waals surface area contributed by atoms with Crippen molar-refractivity contribution in [2.75, 3.05) is 6.61 Å². The van der Waals surface area contributed by atoms with E-state index in [1.165, 1.54) is 18.3 Å². The topological polar surface area (TPSA) is 59.5 Å². The number of halogens is 2. The highest BCUT2D eigenvalue weighted by Crippen LogP contribution is 2.26. The molecule has 0 spiro atoms. The summed E-state index contributed by atoms with van der Waals surface area (Å²) in [5.41, 5.74) is 0.357. The number of nitrogens with zero attached hydrogens (tertiary/aromatic N) is 2. The third-order valence-corrected chi connectivity index (χ3v) is 4.54. The molecule has 0 fully saturated rings. The molecule has 2 aromatic rings. The highest BCUT2D eigenvalue weighted by atomic mass is 32.2. The van der Waals surface area contributed by atoms with E-state index >= 15 is 0 Å². The number of amides is 1. The SMILES string of the molecule is CC(C)(C)N(Cc1ccccc1)C(=O)COC(=O)c1cccnc1SC(F)F. The molecule has 150 valence electrons. The lowest BCUT2D eigenvalue weighted by Gasteiger charge is -2.35. The van der Waals surface area contributed by atoms with Crippen LogP contribution in [-0.4, -0.2) is 39.7 Å². The summed E-state index contributed by atoms with van der Waals surface area (Å²) in [6, 6.07) is 12.2. The largest absolute Gasteiger partial charge is 0.452 e. The fraction of sp³-hybridized carbons (Fsp3) is 0.350. The van der Waals surface area contributed by atoms with Gasteiger partial charge in [0, 0.05) is 18.3 Å². The number of hydrogen-bond acceptors (Lipinski definition) is 5. The van der Waals surface area contributed by atoms with Gasteiger partial charge in [0.25, 0.3) is 11.7 Å². The number of aromatic nitrogens is 1. The first-order valence-electron chi connectivity index (χ1n) is 8.60. The second-order valence-electron chi connectivity index (χ2n) is 6.95. The van der Waals surface area contributed by atoms with Crippen LogP contribution in [0, 0.1) is 0 Å². The third-order valence-electron chi connectivity index (χ3n) is 3.81. The average molecular weight is 408 g/mol. The quantitative estimate of drug-likeness (QED) is 0.503. The van der Waals surface area contributed by atoms with Crippen molar-refractivity contribution in [3.05, 3.63) is 59.8 Å². The van der Waals surface area contributed by atoms with E-state index in [0.29, 0.717) is 6.54 Å². The Hall–Kier alpha value is -2.48. The summed E-state index contributed by atoms with van der Waals surface area (Å²) < 4.78 is 30.4. The molecule has 2 rings (SSSR count). The van der Waals surface area contributed by atoms with Gasteiger partial charge in [-0.25, -0.2) is 9.78 Å². The minimum atomic E-state index is -2.72. The van der Waals surface area contributed by atoms with Crippen molar-refractivity contribution in [3.8, 4) is 0 Å². The molecule has 1 amide bonds. The predicted octanol–water partition coefficient (Wildman–Crippen LogP) is 4.38. The summed E-state index contributed by atoms with van der Waals surface area (Å²) in [6.45, 7) is 5.52. The minimum absolute atomic E-state index is 0.0917. The molecular formula is C20H22F2N2O3S. The van der Waals surface area contributed by atoms with E-state index in [-0.39, 0.29) is 28.3 Å². The van der Waals surface area contributed by atoms with Crippen LogP contribution in [0.3, 0.4) is 0 Å². The van der Waals surface area contributed by atoms with Crippen LogP contribution in [0.5, 0.6) is 0 Å². The van der Waals surface area contributed by atoms with Crippen molar-refractivity contribution in [2.45, 2.75) is 43.6 Å². The maximum Gasteiger partial charge on any atom is 0.341 e. The van der Waals surface area contributed by atoms with Gasteiger partial charge in [-0.3, -0.25) is 4.79 Å². The summed E-state index contributed by atoms with van der Waals surface area (Å²) in [4.78, 5) is 30.4. The lowest BCUT2D eigenvalue weighted by Crippen LogP contribution is -2.46. The number of hydrogen-bond donors (Lipinski definition) is 0. The van der Waals surface area contributed by atoms with Gasteiger partial charge in [0.15, 0.2) is 6.61 Å². The number of pyridine rings is 1. The van der Waals surface area contributed by atoms with E-state index in [9.17, 15) is 18.4 Å². The number of benzene rings is 1. The molecule has 28 heavy (non-hydrogen) atoms. The first-order valence-corrected chi connectivity index (χ1v) is 9.48. The van der Waals surface area contributed by atoms with Crippen molar-refractivity contribution in [3.63, 3.8) is 0 Å². The molecule has 0 N–H and O–H groups in total. The first kappa shape index (κ1) is 21.8. The van der Waals surface area contributed by atoms with E-state index in [0.717, 1.165) is 5.56 Å². The van der Waals surface area contributed by atoms with Gasteiger partial charge in [0.05, 0.1) is 5.56 Å². The molecular weight excluding hydrogens is 386 g/mol. The van der Waals surface area contributed by atoms with Crippen LogP contribution in [0.2, 0.25) is 0 Å². The third kappa shape index (κ3) is 6.30. The summed E-state index contributed by atoms with van der Waals surface area (Å²) in [7, 11) is 0. The molecule has 1 heterocycles. The Bertz CT molecular complexity index is 811. The number of carbonyl (C=O) groups is 2. The Morgan fingerprint density at radius 1 is 1.14 bits per heavy atom. The molecule has 0 radical (unpaired) electrons. The number of carbonyl (C=O) groups excluding carboxylic acids is 2. The first-order chi connectivity index (χ1) is 13.2. The van der Waals surface area contributed by atoms with Gasteiger partial charge < -0.3 is 9.64 Å². The predicted molar refractivity (Wildman–Crippen MR) is 103 cm³/mol. The molecule has 0 atom stereocenters. The standard InChI is InChI=1S/C20H22F2N2O3S/c1-20(2,3)24(12-14-8-5-4-6-9-14)16(25)13-27-18(26)15-10-7-11-23-17(15)28-19(21)22/h4-11,19H,12-13H2,1-3H3. The van der Waals surface area contributed by atoms with E-state index in [4.69, 9.17) is 4.74 Å². The van der Waals surface area contributed by atoms with Crippen molar-refractivity contribution < 1.29 is 23.1 Å². The smallest absolute Gasteiger partial charge is 0.341 e. The van der Waals surface area contributed by atoms with Crippen LogP contribution in [0.4, 0.5) is 8.78 Å². The molecule has 0 bridgehead atoms. The zero-order chi connectivity index (χ0) is 20.7. The highest BCUT2D eigenvalue weighted by Gasteiger charge is 2.28. The number of thioether (sulfide) groups is 1. The Kier molecular flexibility index (Phi) is 7.51. The molecule has 1 aromatic carbocycles. The normalized spacial score (nSPS) is 11.4. The van der Waals surface area contributed by atoms with E-state index in [1.807, 2.05) is 51.1 Å². The highest BCUT2D eigenvalue weighted by molar-refractivity contribution is 7.99. The Morgan fingerprint density at radius 3 is 2.43 bits per heavy atom. The summed E-state index contributed by atoms with van der Waals surface area (Å²) >= 11 is 0.159. The van der Waals surface area contributed by atoms with Gasteiger partial charge in [-0.05, 0) is 50.2 Å². The molecule has 0 unspecified atom stereocenters. The van der Waals surface area contributed by atoms with Crippen LogP contribution in [0.25, 0.3) is 0 Å². The van der Waals surface area contributed by atoms with Gasteiger partial charge in [0.1, 0.15) is 5.03 Å². The average Bonchev–Trinajstić information content (AvgIpc) is 2.64. The monoisotopic (exact) mass is 408 g/mol. The van der Waals surface area contributed by atoms with Gasteiger partial charge in [0.2, 0.25) is 0 Å². The molecule has 0 saturated heterocycles. The molecule has 0 aliphatic heterocycles. The lowest BCUT2D eigenvalue weighted by atomic mass is 10.0. The van der Waals surface area contributed by atoms with Gasteiger partial charge in [-0.15, -0.1) is 0 Å². The van der Waals surface area contributed by atoms with E-state index in [2.05, 4.69) is 4.98 Å². The van der Waals surface area contributed by atoms with E-state index < -0.39 is 23.9 Å². The molecule has 0 aliphatic rings. The van der Waals surface area contributed by atoms with Crippen LogP contribution in [0.15, 0.2) is 53.7 Å². The molecule has 0 aliphatic carbocycles. The van der Waals surface area contributed by atoms with Crippen molar-refractivity contribution in [1.82, 2.24) is 9.88 Å². The van der Waals surface area contributed by atoms with Crippen LogP contribution in [0.1, 0.15) is 36.7 Å². The van der Waals surface area contributed by atoms with Gasteiger partial charge >= 0.3 is 5.97 Å². The van der Waals surface area contributed by atoms with Crippen LogP contribution < -0.4 is 0 Å². The van der Waals surface area contributed by atoms with Crippen molar-refractivity contribution in [2.24, 2.45) is 0 Å². The van der Waals surface area contributed by atoms with Crippen LogP contribution >= 0.6 is 11.8 Å². The lowest BCUT2D eigenvalue weighted by molar-refractivity contribution is -0.140. The number of rotatable bonds is 7. The molecule has 1 aromatic heterocycles. The van der Waals surface area contributed by atoms with Gasteiger partial charge in [-0.1, -0.05) is 30.3 Å². The maximum absolute atomic E-state index is 12.7. The van der Waals surface area contributed by atoms with E-state index in [1.54, 1.807) is 4.90 Å². The Labute approximate surface area is 167 Å². The number of alkyl halides is 2. The zero-order valence-corrected chi connectivity index (χ0v) is 16.7. The number of ether oxygens (including phenoxy) is 1. The minimum Gasteiger partial charge on any atom is -0.452 e. The number of esters is 1. The van der Waals surface area contributed by atoms with Crippen molar-refractivity contribution >= 4 is 23.6 Å². The molecule has 0 saturated carbocycles. The van der Waals surface area contributed by atoms with Crippen molar-refractivity contribution in [1.29, 1.82) is 0 Å². The Morgan fingerprint density at radius 2 is 1.82 bits per heavy atom. The Balaban J connectivity index is 2.07. The van der Waals surface area contributed by atoms with Crippen LogP contribution in [-0.2, 0) is 16.1 Å². The second-order valence-corrected chi connectivity index (χ2v) is 7.93. The molecule has 5 nitrogen and oxygen atoms in total. The fourth-order valence-electron chi connectivity index (χ4n) is 2.47. The van der Waals surface area contributed by atoms with Gasteiger partial charge in [-0.2, -0.15) is 8.78 Å². The zero-order valence-electron chi connectivity index (χ0n) is 15.9. The summed E-state index contributed by atoms with van der Waals surface area (Å²) in [6.07, 6.45) is 1.31. The summed E-state index contributed by atoms with van der Waals surface area (Å²) in [5, 5.41) is -0.132. The summed E-state index contributed by atoms with van der Waals surface area (Å²) in [5.74, 6) is -3.96. The molecule has 8 heteroatoms. The fourth-order valence-corrected chi connectivity index (χ4v) is 3.04. The second kappa shape index (κ2) is 9.64. The maximum atomic E-state index is 12.7.